The topological polar surface area (TPSA) is 234 Å². The Bertz CT molecular complexity index is 1680. The van der Waals surface area contributed by atoms with Crippen molar-refractivity contribution in [3.8, 4) is 0 Å². The molecule has 16 nitrogen and oxygen atoms in total. The van der Waals surface area contributed by atoms with Gasteiger partial charge in [-0.15, -0.1) is 0 Å². The smallest absolute Gasteiger partial charge is 0.331 e. The van der Waals surface area contributed by atoms with E-state index in [2.05, 4.69) is 0 Å². The summed E-state index contributed by atoms with van der Waals surface area (Å²) in [4.78, 5) is 51.8. The first-order valence-electron chi connectivity index (χ1n) is 20.6. The molecular weight excluding hydrogens is 1010 g/mol. The minimum atomic E-state index is -2.44. The predicted octanol–water partition coefficient (Wildman–Crippen LogP) is 3.32. The Morgan fingerprint density at radius 2 is 1.56 bits per heavy atom. The Kier molecular flexibility index (Phi) is 20.0. The first kappa shape index (κ1) is 53.0. The van der Waals surface area contributed by atoms with E-state index in [0.717, 1.165) is 26.0 Å². The zero-order valence-corrected chi connectivity index (χ0v) is 41.1. The van der Waals surface area contributed by atoms with Crippen molar-refractivity contribution in [2.45, 2.75) is 159 Å². The second-order valence-corrected chi connectivity index (χ2v) is 17.2. The van der Waals surface area contributed by atoms with E-state index >= 15 is 0 Å². The summed E-state index contributed by atoms with van der Waals surface area (Å²) in [6.45, 7) is 7.84. The summed E-state index contributed by atoms with van der Waals surface area (Å²) >= 11 is 0. The molecule has 0 unspecified atom stereocenters. The number of hydrogen-bond donors (Lipinski definition) is 5. The number of fused-ring (bicyclic) bond motifs is 6. The molecule has 17 heteroatoms. The molecular formula is C44H64AcO16. The molecule has 4 aliphatic heterocycles. The number of ether oxygens (including phenoxy) is 7. The molecule has 339 valence electrons. The summed E-state index contributed by atoms with van der Waals surface area (Å²) in [6, 6.07) is 0. The number of carbonyl (C=O) groups excluding carboxylic acids is 4. The summed E-state index contributed by atoms with van der Waals surface area (Å²) in [6.07, 6.45) is 4.13. The number of hydrogen-bond acceptors (Lipinski definition) is 16. The molecule has 6 bridgehead atoms. The van der Waals surface area contributed by atoms with Crippen LogP contribution >= 0.6 is 0 Å². The van der Waals surface area contributed by atoms with E-state index in [4.69, 9.17) is 33.2 Å². The third kappa shape index (κ3) is 13.8. The van der Waals surface area contributed by atoms with Crippen LogP contribution in [0, 0.1) is 54.9 Å². The number of cyclic esters (lactones) is 1. The molecule has 3 saturated heterocycles. The van der Waals surface area contributed by atoms with Gasteiger partial charge in [-0.2, -0.15) is 0 Å². The van der Waals surface area contributed by atoms with Crippen LogP contribution in [-0.4, -0.2) is 131 Å². The predicted molar refractivity (Wildman–Crippen MR) is 214 cm³/mol. The molecule has 0 aromatic rings. The molecule has 0 saturated carbocycles. The van der Waals surface area contributed by atoms with Gasteiger partial charge in [0.15, 0.2) is 11.9 Å². The van der Waals surface area contributed by atoms with E-state index in [-0.39, 0.29) is 94.6 Å². The van der Waals surface area contributed by atoms with Gasteiger partial charge in [0.25, 0.3) is 0 Å². The zero-order chi connectivity index (χ0) is 44.5. The van der Waals surface area contributed by atoms with Gasteiger partial charge in [0.2, 0.25) is 5.79 Å². The molecule has 10 atom stereocenters. The van der Waals surface area contributed by atoms with Gasteiger partial charge in [-0.05, 0) is 31.3 Å². The Labute approximate surface area is 393 Å². The summed E-state index contributed by atoms with van der Waals surface area (Å²) in [5.41, 5.74) is -1.99. The molecule has 4 aliphatic rings. The van der Waals surface area contributed by atoms with Crippen LogP contribution in [-0.2, 0) is 52.3 Å². The summed E-state index contributed by atoms with van der Waals surface area (Å²) < 4.78 is 40.5. The van der Waals surface area contributed by atoms with E-state index in [0.29, 0.717) is 5.57 Å². The van der Waals surface area contributed by atoms with Gasteiger partial charge in [-0.3, -0.25) is 4.79 Å². The van der Waals surface area contributed by atoms with Crippen molar-refractivity contribution >= 4 is 23.9 Å². The molecule has 4 rings (SSSR count). The minimum absolute atomic E-state index is 0. The van der Waals surface area contributed by atoms with Crippen LogP contribution in [0.5, 0.6) is 0 Å². The number of methoxy groups -OCH3 is 2. The standard InChI is InChI=1S/C44H64O16.Ac/c1-8-9-10-11-12-13-36(48)58-40-28(20-38(50)55-7)19-31-23-34(26-45)57-39(51)22-29(46)21-32-24-35(47)42(4,5)43(52,59-32)25-33-17-27(18-37(49)54-6)16-30(56-33)14-15-41(2,3)44(40,53)60-31;/h10-15,18,20,29-35,40,45-47,52-53H,8-9,16-17,19,21-26H2,1-7H3;/b11-10+,13-12+,15-14+,27-18+,28-20+;/t29-,30+,31+,32-,33+,34-,35+,40+,43+,44-;/m1./s1. The van der Waals surface area contributed by atoms with Crippen molar-refractivity contribution in [3.05, 3.63) is 59.8 Å². The van der Waals surface area contributed by atoms with Gasteiger partial charge in [0.1, 0.15) is 6.10 Å². The Hall–Kier alpha value is -2.30. The van der Waals surface area contributed by atoms with Crippen molar-refractivity contribution in [3.63, 3.8) is 0 Å². The average molecular weight is 1080 g/mol. The fourth-order valence-corrected chi connectivity index (χ4v) is 8.06. The molecule has 4 heterocycles. The van der Waals surface area contributed by atoms with Crippen LogP contribution < -0.4 is 0 Å². The monoisotopic (exact) mass is 1080 g/mol. The van der Waals surface area contributed by atoms with E-state index in [1.807, 2.05) is 13.0 Å². The molecule has 1 radical (unpaired) electrons. The molecule has 61 heavy (non-hydrogen) atoms. The van der Waals surface area contributed by atoms with Crippen LogP contribution in [0.3, 0.4) is 0 Å². The summed E-state index contributed by atoms with van der Waals surface area (Å²) in [5.74, 6) is -7.58. The third-order valence-electron chi connectivity index (χ3n) is 11.8. The number of unbranched alkanes of at least 4 members (excludes halogenated alkanes) is 1. The van der Waals surface area contributed by atoms with E-state index in [9.17, 15) is 44.7 Å². The van der Waals surface area contributed by atoms with E-state index in [1.165, 1.54) is 25.3 Å². The van der Waals surface area contributed by atoms with Gasteiger partial charge in [-0.1, -0.05) is 77.0 Å². The Morgan fingerprint density at radius 3 is 2.21 bits per heavy atom. The summed E-state index contributed by atoms with van der Waals surface area (Å²) in [5, 5.41) is 57.6. The van der Waals surface area contributed by atoms with Gasteiger partial charge in [-0.25, -0.2) is 14.4 Å². The maximum Gasteiger partial charge on any atom is 0.331 e. The molecule has 0 aliphatic carbocycles. The Morgan fingerprint density at radius 1 is 0.869 bits per heavy atom. The number of allylic oxidation sites excluding steroid dienone is 3. The van der Waals surface area contributed by atoms with Gasteiger partial charge in [0.05, 0.1) is 63.9 Å². The quantitative estimate of drug-likeness (QED) is 0.0772. The minimum Gasteiger partial charge on any atom is -0.466 e. The fourth-order valence-electron chi connectivity index (χ4n) is 8.06. The SMILES string of the molecule is CCC/C=C/C=C/C(=O)O[C@H]1/C(=C/C(=O)OC)C[C@H]2C[C@H](CO)OC(=O)C[C@H](O)C[C@@H]3C[C@H](O)C(C)(C)[C@](O)(C[C@@H]4C/C(=C/C(=O)OC)C[C@H](/C=C/C(C)(C)[C@]1(O)O2)O4)O3.[Ac]. The zero-order valence-electron chi connectivity index (χ0n) is 36.3. The van der Waals surface area contributed by atoms with Gasteiger partial charge in [0, 0.05) is 98.8 Å². The molecule has 0 aromatic heterocycles. The number of esters is 4. The van der Waals surface area contributed by atoms with E-state index < -0.39 is 108 Å². The third-order valence-corrected chi connectivity index (χ3v) is 11.8. The maximum atomic E-state index is 13.3. The van der Waals surface area contributed by atoms with Crippen LogP contribution in [0.15, 0.2) is 59.8 Å². The van der Waals surface area contributed by atoms with Crippen LogP contribution in [0.2, 0.25) is 0 Å². The maximum absolute atomic E-state index is 13.3. The number of rotatable bonds is 8. The van der Waals surface area contributed by atoms with Crippen LogP contribution in [0.1, 0.15) is 98.8 Å². The molecule has 3 fully saturated rings. The first-order valence-corrected chi connectivity index (χ1v) is 20.6. The summed E-state index contributed by atoms with van der Waals surface area (Å²) in [7, 11) is 2.41. The number of aliphatic hydroxyl groups excluding tert-OH is 3. The van der Waals surface area contributed by atoms with Crippen molar-refractivity contribution < 1.29 is 122 Å². The fraction of sp³-hybridized carbons (Fsp3) is 0.682. The van der Waals surface area contributed by atoms with E-state index in [1.54, 1.807) is 45.9 Å². The Balaban J connectivity index is 0.00000992. The van der Waals surface area contributed by atoms with Crippen molar-refractivity contribution in [1.29, 1.82) is 0 Å². The van der Waals surface area contributed by atoms with Gasteiger partial charge >= 0.3 is 23.9 Å². The average Bonchev–Trinajstić information content (AvgIpc) is 3.16. The number of aliphatic hydroxyl groups is 5. The van der Waals surface area contributed by atoms with Crippen LogP contribution in [0.4, 0.5) is 0 Å². The normalized spacial score (nSPS) is 36.4. The second kappa shape index (κ2) is 23.1. The number of carbonyl (C=O) groups is 4. The van der Waals surface area contributed by atoms with Crippen molar-refractivity contribution in [2.75, 3.05) is 20.8 Å². The molecule has 0 spiro atoms. The largest absolute Gasteiger partial charge is 0.466 e. The molecule has 0 aromatic carbocycles. The van der Waals surface area contributed by atoms with Gasteiger partial charge < -0.3 is 58.7 Å². The van der Waals surface area contributed by atoms with Crippen molar-refractivity contribution in [2.24, 2.45) is 10.8 Å². The molecule has 5 N–H and O–H groups in total. The van der Waals surface area contributed by atoms with Crippen LogP contribution in [0.25, 0.3) is 0 Å². The molecule has 0 amide bonds. The van der Waals surface area contributed by atoms with Crippen molar-refractivity contribution in [1.82, 2.24) is 0 Å². The first-order chi connectivity index (χ1) is 28.2. The second-order valence-electron chi connectivity index (χ2n) is 17.2.